The van der Waals surface area contributed by atoms with Gasteiger partial charge >= 0.3 is 5.97 Å². The molecule has 2 heterocycles. The number of methoxy groups -OCH3 is 2. The van der Waals surface area contributed by atoms with Crippen LogP contribution in [0.25, 0.3) is 0 Å². The second-order valence-electron chi connectivity index (χ2n) is 7.77. The molecule has 0 atom stereocenters. The fourth-order valence-electron chi connectivity index (χ4n) is 3.76. The van der Waals surface area contributed by atoms with E-state index < -0.39 is 21.8 Å². The Morgan fingerprint density at radius 2 is 2.06 bits per heavy atom. The van der Waals surface area contributed by atoms with Crippen LogP contribution in [0.2, 0.25) is 0 Å². The van der Waals surface area contributed by atoms with Gasteiger partial charge in [0.2, 0.25) is 0 Å². The normalized spacial score (nSPS) is 14.4. The third-order valence-corrected chi connectivity index (χ3v) is 9.16. The van der Waals surface area contributed by atoms with Gasteiger partial charge in [0.15, 0.2) is 11.6 Å². The summed E-state index contributed by atoms with van der Waals surface area (Å²) in [4.78, 5) is 15.5. The number of sulfonamides is 1. The average molecular weight is 485 g/mol. The maximum atomic E-state index is 13.7. The molecular formula is C22H29FN2O5S2. The van der Waals surface area contributed by atoms with Gasteiger partial charge in [-0.2, -0.15) is 0 Å². The quantitative estimate of drug-likeness (QED) is 0.506. The van der Waals surface area contributed by atoms with E-state index in [1.54, 1.807) is 19.2 Å². The van der Waals surface area contributed by atoms with E-state index >= 15 is 0 Å². The lowest BCUT2D eigenvalue weighted by atomic mass is 10.0. The summed E-state index contributed by atoms with van der Waals surface area (Å²) in [5.74, 6) is -0.852. The highest BCUT2D eigenvalue weighted by atomic mass is 32.2. The number of hydrogen-bond donors (Lipinski definition) is 0. The van der Waals surface area contributed by atoms with Crippen molar-refractivity contribution in [3.63, 3.8) is 0 Å². The van der Waals surface area contributed by atoms with Gasteiger partial charge in [0.1, 0.15) is 4.21 Å². The number of esters is 1. The maximum Gasteiger partial charge on any atom is 0.340 e. The molecule has 0 bridgehead atoms. The first-order valence-electron chi connectivity index (χ1n) is 10.5. The van der Waals surface area contributed by atoms with E-state index in [-0.39, 0.29) is 15.5 Å². The summed E-state index contributed by atoms with van der Waals surface area (Å²) in [5, 5.41) is 0. The van der Waals surface area contributed by atoms with Gasteiger partial charge < -0.3 is 9.47 Å². The number of carbonyl (C=O) groups excluding carboxylic acids is 1. The number of rotatable bonds is 9. The molecule has 1 aliphatic rings. The number of thiophene rings is 1. The van der Waals surface area contributed by atoms with Crippen LogP contribution in [-0.2, 0) is 34.3 Å². The van der Waals surface area contributed by atoms with E-state index in [9.17, 15) is 17.6 Å². The molecule has 0 spiro atoms. The van der Waals surface area contributed by atoms with Crippen LogP contribution in [0.4, 0.5) is 4.39 Å². The SMILES string of the molecule is CCCCN(C)S(=O)(=O)c1sc2c(c1C(=O)OC)CCN(Cc1ccc(F)c(OC)c1)C2. The van der Waals surface area contributed by atoms with Gasteiger partial charge in [0.05, 0.1) is 19.8 Å². The Balaban J connectivity index is 1.91. The van der Waals surface area contributed by atoms with Gasteiger partial charge in [-0.15, -0.1) is 11.3 Å². The number of fused-ring (bicyclic) bond motifs is 1. The van der Waals surface area contributed by atoms with Gasteiger partial charge in [0, 0.05) is 38.1 Å². The number of nitrogens with zero attached hydrogens (tertiary/aromatic N) is 2. The highest BCUT2D eigenvalue weighted by Crippen LogP contribution is 2.38. The molecule has 0 amide bonds. The van der Waals surface area contributed by atoms with Crippen LogP contribution >= 0.6 is 11.3 Å². The number of ether oxygens (including phenoxy) is 2. The predicted octanol–water partition coefficient (Wildman–Crippen LogP) is 3.66. The monoisotopic (exact) mass is 484 g/mol. The van der Waals surface area contributed by atoms with Crippen molar-refractivity contribution in [1.29, 1.82) is 0 Å². The standard InChI is InChI=1S/C22H29FN2O5S2/c1-5-6-10-24(2)32(27,28)22-20(21(26)30-4)16-9-11-25(14-19(16)31-22)13-15-7-8-17(23)18(12-15)29-3/h7-8,12H,5-6,9-11,13-14H2,1-4H3. The third-order valence-electron chi connectivity index (χ3n) is 5.59. The Hall–Kier alpha value is -2.01. The topological polar surface area (TPSA) is 76.2 Å². The van der Waals surface area contributed by atoms with Gasteiger partial charge in [-0.05, 0) is 36.1 Å². The second-order valence-corrected chi connectivity index (χ2v) is 11.1. The van der Waals surface area contributed by atoms with Crippen LogP contribution in [-0.4, -0.2) is 57.9 Å². The lowest BCUT2D eigenvalue weighted by Crippen LogP contribution is -2.30. The number of benzene rings is 1. The maximum absolute atomic E-state index is 13.7. The first kappa shape index (κ1) is 24.6. The van der Waals surface area contributed by atoms with Crippen molar-refractivity contribution in [1.82, 2.24) is 9.21 Å². The van der Waals surface area contributed by atoms with Gasteiger partial charge in [0.25, 0.3) is 10.0 Å². The molecular weight excluding hydrogens is 455 g/mol. The van der Waals surface area contributed by atoms with Gasteiger partial charge in [-0.1, -0.05) is 19.4 Å². The molecule has 1 aromatic heterocycles. The first-order chi connectivity index (χ1) is 15.2. The molecule has 2 aromatic rings. The Morgan fingerprint density at radius 3 is 2.72 bits per heavy atom. The Kier molecular flexibility index (Phi) is 7.92. The largest absolute Gasteiger partial charge is 0.494 e. The molecule has 0 fully saturated rings. The molecule has 0 aliphatic carbocycles. The molecule has 1 aliphatic heterocycles. The van der Waals surface area contributed by atoms with Crippen LogP contribution in [0.1, 0.15) is 46.1 Å². The molecule has 1 aromatic carbocycles. The van der Waals surface area contributed by atoms with Crippen molar-refractivity contribution >= 4 is 27.3 Å². The minimum Gasteiger partial charge on any atom is -0.494 e. The summed E-state index contributed by atoms with van der Waals surface area (Å²) >= 11 is 1.14. The van der Waals surface area contributed by atoms with E-state index in [0.29, 0.717) is 32.6 Å². The van der Waals surface area contributed by atoms with Crippen LogP contribution in [0, 0.1) is 5.82 Å². The van der Waals surface area contributed by atoms with Crippen LogP contribution in [0.5, 0.6) is 5.75 Å². The molecule has 32 heavy (non-hydrogen) atoms. The van der Waals surface area contributed by atoms with Gasteiger partial charge in [-0.25, -0.2) is 21.9 Å². The van der Waals surface area contributed by atoms with Crippen LogP contribution in [0.15, 0.2) is 22.4 Å². The lowest BCUT2D eigenvalue weighted by molar-refractivity contribution is 0.0595. The minimum atomic E-state index is -3.81. The molecule has 0 saturated carbocycles. The Bertz CT molecular complexity index is 1080. The zero-order valence-corrected chi connectivity index (χ0v) is 20.4. The Morgan fingerprint density at radius 1 is 1.31 bits per heavy atom. The summed E-state index contributed by atoms with van der Waals surface area (Å²) in [7, 11) is 0.424. The zero-order valence-electron chi connectivity index (χ0n) is 18.8. The predicted molar refractivity (Wildman–Crippen MR) is 121 cm³/mol. The highest BCUT2D eigenvalue weighted by Gasteiger charge is 2.35. The lowest BCUT2D eigenvalue weighted by Gasteiger charge is -2.27. The van der Waals surface area contributed by atoms with E-state index in [0.717, 1.165) is 40.2 Å². The number of unbranched alkanes of at least 4 members (excludes halogenated alkanes) is 1. The summed E-state index contributed by atoms with van der Waals surface area (Å²) in [6.45, 7) is 4.08. The molecule has 0 radical (unpaired) electrons. The zero-order chi connectivity index (χ0) is 23.5. The van der Waals surface area contributed by atoms with Crippen molar-refractivity contribution in [2.45, 2.75) is 43.5 Å². The summed E-state index contributed by atoms with van der Waals surface area (Å²) in [6, 6.07) is 4.75. The Labute approximate surface area is 192 Å². The number of halogens is 1. The number of carbonyl (C=O) groups is 1. The van der Waals surface area contributed by atoms with E-state index in [1.165, 1.54) is 24.6 Å². The summed E-state index contributed by atoms with van der Waals surface area (Å²) in [5.41, 5.74) is 1.81. The number of hydrogen-bond acceptors (Lipinski definition) is 7. The van der Waals surface area contributed by atoms with Crippen LogP contribution < -0.4 is 4.74 Å². The van der Waals surface area contributed by atoms with Crippen molar-refractivity contribution in [2.24, 2.45) is 0 Å². The fourth-order valence-corrected chi connectivity index (χ4v) is 7.09. The van der Waals surface area contributed by atoms with E-state index in [2.05, 4.69) is 4.90 Å². The van der Waals surface area contributed by atoms with Crippen molar-refractivity contribution < 1.29 is 27.1 Å². The fraction of sp³-hybridized carbons (Fsp3) is 0.500. The molecule has 7 nitrogen and oxygen atoms in total. The molecule has 0 saturated heterocycles. The van der Waals surface area contributed by atoms with Crippen LogP contribution in [0.3, 0.4) is 0 Å². The summed E-state index contributed by atoms with van der Waals surface area (Å²) in [6.07, 6.45) is 2.14. The molecule has 0 unspecified atom stereocenters. The van der Waals surface area contributed by atoms with E-state index in [4.69, 9.17) is 9.47 Å². The minimum absolute atomic E-state index is 0.0539. The molecule has 176 valence electrons. The van der Waals surface area contributed by atoms with E-state index in [1.807, 2.05) is 6.92 Å². The molecule has 3 rings (SSSR count). The van der Waals surface area contributed by atoms with Crippen molar-refractivity contribution in [3.8, 4) is 5.75 Å². The first-order valence-corrected chi connectivity index (χ1v) is 12.7. The van der Waals surface area contributed by atoms with Crippen molar-refractivity contribution in [2.75, 3.05) is 34.4 Å². The average Bonchev–Trinajstić information content (AvgIpc) is 3.17. The second kappa shape index (κ2) is 10.3. The molecule has 10 heteroatoms. The van der Waals surface area contributed by atoms with Crippen molar-refractivity contribution in [3.05, 3.63) is 45.6 Å². The summed E-state index contributed by atoms with van der Waals surface area (Å²) < 4.78 is 51.6. The molecule has 0 N–H and O–H groups in total. The van der Waals surface area contributed by atoms with Gasteiger partial charge in [-0.3, -0.25) is 4.90 Å². The smallest absolute Gasteiger partial charge is 0.340 e. The highest BCUT2D eigenvalue weighted by molar-refractivity contribution is 7.91. The third kappa shape index (κ3) is 4.98.